The van der Waals surface area contributed by atoms with Gasteiger partial charge in [0, 0.05) is 12.1 Å². The van der Waals surface area contributed by atoms with E-state index in [0.29, 0.717) is 12.4 Å². The summed E-state index contributed by atoms with van der Waals surface area (Å²) in [5.74, 6) is -0.544. The Hall–Kier alpha value is -1.89. The van der Waals surface area contributed by atoms with Crippen molar-refractivity contribution in [2.45, 2.75) is 33.2 Å². The summed E-state index contributed by atoms with van der Waals surface area (Å²) in [6.07, 6.45) is 2.42. The molecule has 0 fully saturated rings. The Morgan fingerprint density at radius 3 is 2.70 bits per heavy atom. The van der Waals surface area contributed by atoms with E-state index in [1.54, 1.807) is 21.8 Å². The van der Waals surface area contributed by atoms with Gasteiger partial charge < -0.3 is 10.4 Å². The molecule has 1 heterocycles. The number of nitrogens with one attached hydrogen (secondary N) is 1. The van der Waals surface area contributed by atoms with E-state index < -0.39 is 5.97 Å². The zero-order valence-electron chi connectivity index (χ0n) is 12.2. The van der Waals surface area contributed by atoms with Crippen molar-refractivity contribution in [1.82, 2.24) is 14.7 Å². The first-order valence-electron chi connectivity index (χ1n) is 6.71. The van der Waals surface area contributed by atoms with Gasteiger partial charge in [0.05, 0.1) is 19.3 Å². The number of hydrogen-bond acceptors (Lipinski definition) is 4. The van der Waals surface area contributed by atoms with Crippen molar-refractivity contribution < 1.29 is 14.7 Å². The summed E-state index contributed by atoms with van der Waals surface area (Å²) in [6, 6.07) is 1.87. The first-order chi connectivity index (χ1) is 9.43. The highest BCUT2D eigenvalue weighted by atomic mass is 16.4. The van der Waals surface area contributed by atoms with Crippen molar-refractivity contribution in [3.05, 3.63) is 12.3 Å². The number of anilines is 1. The standard InChI is InChI=1S/C13H22N4O3/c1-4-7-16(9-13(19)20)8-12(18)15-11-5-6-14-17(11)10(2)3/h5-6,10H,4,7-9H2,1-3H3,(H,15,18)(H,19,20). The average molecular weight is 282 g/mol. The Morgan fingerprint density at radius 1 is 1.45 bits per heavy atom. The largest absolute Gasteiger partial charge is 0.480 e. The number of aromatic nitrogens is 2. The van der Waals surface area contributed by atoms with Crippen LogP contribution in [0.25, 0.3) is 0 Å². The average Bonchev–Trinajstić information content (AvgIpc) is 2.76. The third-order valence-corrected chi connectivity index (χ3v) is 2.69. The molecule has 0 aliphatic heterocycles. The smallest absolute Gasteiger partial charge is 0.317 e. The maximum atomic E-state index is 12.0. The van der Waals surface area contributed by atoms with Crippen LogP contribution in [0, 0.1) is 0 Å². The van der Waals surface area contributed by atoms with Crippen LogP contribution in [-0.2, 0) is 9.59 Å². The zero-order valence-corrected chi connectivity index (χ0v) is 12.2. The predicted molar refractivity (Wildman–Crippen MR) is 75.6 cm³/mol. The molecule has 0 aromatic carbocycles. The van der Waals surface area contributed by atoms with Gasteiger partial charge in [0.25, 0.3) is 0 Å². The fraction of sp³-hybridized carbons (Fsp3) is 0.615. The Labute approximate surface area is 118 Å². The fourth-order valence-electron chi connectivity index (χ4n) is 1.93. The van der Waals surface area contributed by atoms with Gasteiger partial charge in [-0.25, -0.2) is 4.68 Å². The maximum Gasteiger partial charge on any atom is 0.317 e. The lowest BCUT2D eigenvalue weighted by Crippen LogP contribution is -2.37. The van der Waals surface area contributed by atoms with Crippen LogP contribution in [0.5, 0.6) is 0 Å². The number of aliphatic carboxylic acids is 1. The molecule has 1 amide bonds. The molecule has 1 rings (SSSR count). The summed E-state index contributed by atoms with van der Waals surface area (Å²) in [7, 11) is 0. The highest BCUT2D eigenvalue weighted by Crippen LogP contribution is 2.12. The van der Waals surface area contributed by atoms with Crippen molar-refractivity contribution in [2.24, 2.45) is 0 Å². The number of carbonyl (C=O) groups is 2. The van der Waals surface area contributed by atoms with Gasteiger partial charge in [-0.1, -0.05) is 6.92 Å². The summed E-state index contributed by atoms with van der Waals surface area (Å²) in [6.45, 7) is 6.38. The van der Waals surface area contributed by atoms with Crippen LogP contribution in [0.3, 0.4) is 0 Å². The van der Waals surface area contributed by atoms with E-state index >= 15 is 0 Å². The van der Waals surface area contributed by atoms with Crippen LogP contribution >= 0.6 is 0 Å². The van der Waals surface area contributed by atoms with Gasteiger partial charge in [-0.3, -0.25) is 14.5 Å². The molecule has 0 atom stereocenters. The van der Waals surface area contributed by atoms with Crippen LogP contribution < -0.4 is 5.32 Å². The van der Waals surface area contributed by atoms with Crippen LogP contribution in [-0.4, -0.2) is 51.3 Å². The molecule has 0 saturated carbocycles. The normalized spacial score (nSPS) is 11.1. The Balaban J connectivity index is 2.60. The van der Waals surface area contributed by atoms with Crippen molar-refractivity contribution in [1.29, 1.82) is 0 Å². The van der Waals surface area contributed by atoms with Gasteiger partial charge in [-0.2, -0.15) is 5.10 Å². The highest BCUT2D eigenvalue weighted by Gasteiger charge is 2.15. The van der Waals surface area contributed by atoms with Gasteiger partial charge in [-0.15, -0.1) is 0 Å². The number of amides is 1. The van der Waals surface area contributed by atoms with E-state index in [-0.39, 0.29) is 25.0 Å². The molecule has 0 aliphatic carbocycles. The molecule has 0 saturated heterocycles. The first kappa shape index (κ1) is 16.2. The van der Waals surface area contributed by atoms with Gasteiger partial charge >= 0.3 is 5.97 Å². The molecule has 0 aliphatic rings. The topological polar surface area (TPSA) is 87.5 Å². The van der Waals surface area contributed by atoms with Crippen LogP contribution in [0.4, 0.5) is 5.82 Å². The Bertz CT molecular complexity index is 456. The quantitative estimate of drug-likeness (QED) is 0.748. The van der Waals surface area contributed by atoms with Crippen molar-refractivity contribution >= 4 is 17.7 Å². The molecule has 0 radical (unpaired) electrons. The lowest BCUT2D eigenvalue weighted by atomic mass is 10.3. The predicted octanol–water partition coefficient (Wildman–Crippen LogP) is 1.20. The van der Waals surface area contributed by atoms with Crippen molar-refractivity contribution in [3.8, 4) is 0 Å². The third-order valence-electron chi connectivity index (χ3n) is 2.69. The molecule has 1 aromatic heterocycles. The van der Waals surface area contributed by atoms with E-state index in [0.717, 1.165) is 6.42 Å². The van der Waals surface area contributed by atoms with E-state index in [1.165, 1.54) is 0 Å². The Morgan fingerprint density at radius 2 is 2.15 bits per heavy atom. The molecule has 0 unspecified atom stereocenters. The van der Waals surface area contributed by atoms with Gasteiger partial charge in [0.1, 0.15) is 5.82 Å². The fourth-order valence-corrected chi connectivity index (χ4v) is 1.93. The summed E-state index contributed by atoms with van der Waals surface area (Å²) in [4.78, 5) is 24.3. The van der Waals surface area contributed by atoms with Crippen molar-refractivity contribution in [3.63, 3.8) is 0 Å². The first-order valence-corrected chi connectivity index (χ1v) is 6.71. The summed E-state index contributed by atoms with van der Waals surface area (Å²) < 4.78 is 1.71. The summed E-state index contributed by atoms with van der Waals surface area (Å²) in [5, 5.41) is 15.7. The number of carbonyl (C=O) groups excluding carboxylic acids is 1. The zero-order chi connectivity index (χ0) is 15.1. The summed E-state index contributed by atoms with van der Waals surface area (Å²) in [5.41, 5.74) is 0. The number of rotatable bonds is 8. The molecule has 0 bridgehead atoms. The molecule has 0 spiro atoms. The second kappa shape index (κ2) is 7.64. The lowest BCUT2D eigenvalue weighted by Gasteiger charge is -2.19. The van der Waals surface area contributed by atoms with Crippen LogP contribution in [0.1, 0.15) is 33.2 Å². The van der Waals surface area contributed by atoms with Gasteiger partial charge in [0.2, 0.25) is 5.91 Å². The monoisotopic (exact) mass is 282 g/mol. The SMILES string of the molecule is CCCN(CC(=O)O)CC(=O)Nc1ccnn1C(C)C. The molecule has 2 N–H and O–H groups in total. The second-order valence-electron chi connectivity index (χ2n) is 4.91. The molecule has 20 heavy (non-hydrogen) atoms. The number of nitrogens with zero attached hydrogens (tertiary/aromatic N) is 3. The second-order valence-corrected chi connectivity index (χ2v) is 4.91. The maximum absolute atomic E-state index is 12.0. The third kappa shape index (κ3) is 5.00. The molecule has 7 nitrogen and oxygen atoms in total. The van der Waals surface area contributed by atoms with Crippen LogP contribution in [0.2, 0.25) is 0 Å². The van der Waals surface area contributed by atoms with Crippen molar-refractivity contribution in [2.75, 3.05) is 25.0 Å². The molecule has 1 aromatic rings. The van der Waals surface area contributed by atoms with E-state index in [9.17, 15) is 9.59 Å². The molecule has 112 valence electrons. The lowest BCUT2D eigenvalue weighted by molar-refractivity contribution is -0.138. The summed E-state index contributed by atoms with van der Waals surface area (Å²) >= 11 is 0. The van der Waals surface area contributed by atoms with E-state index in [2.05, 4.69) is 10.4 Å². The van der Waals surface area contributed by atoms with Gasteiger partial charge in [-0.05, 0) is 26.8 Å². The minimum Gasteiger partial charge on any atom is -0.480 e. The molecular weight excluding hydrogens is 260 g/mol. The number of carboxylic acid groups (broad SMARTS) is 1. The van der Waals surface area contributed by atoms with E-state index in [1.807, 2.05) is 20.8 Å². The number of carboxylic acids is 1. The minimum atomic E-state index is -0.932. The molecule has 7 heteroatoms. The van der Waals surface area contributed by atoms with Gasteiger partial charge in [0.15, 0.2) is 0 Å². The van der Waals surface area contributed by atoms with E-state index in [4.69, 9.17) is 5.11 Å². The molecular formula is C13H22N4O3. The highest BCUT2D eigenvalue weighted by molar-refractivity contribution is 5.91. The number of hydrogen-bond donors (Lipinski definition) is 2. The van der Waals surface area contributed by atoms with Crippen LogP contribution in [0.15, 0.2) is 12.3 Å². The minimum absolute atomic E-state index is 0.0589. The Kier molecular flexibility index (Phi) is 6.17.